The molecule has 0 atom stereocenters. The van der Waals surface area contributed by atoms with Crippen LogP contribution < -0.4 is 49.6 Å². The van der Waals surface area contributed by atoms with Crippen LogP contribution in [0.2, 0.25) is 0 Å². The van der Waals surface area contributed by atoms with Gasteiger partial charge in [0.1, 0.15) is 0 Å². The van der Waals surface area contributed by atoms with Crippen LogP contribution in [0.3, 0.4) is 0 Å². The van der Waals surface area contributed by atoms with Crippen LogP contribution in [-0.4, -0.2) is 13.2 Å². The quantitative estimate of drug-likeness (QED) is 0.394. The molecule has 1 heterocycles. The van der Waals surface area contributed by atoms with E-state index in [2.05, 4.69) is 0 Å². The van der Waals surface area contributed by atoms with Gasteiger partial charge in [-0.15, -0.1) is 0 Å². The van der Waals surface area contributed by atoms with E-state index in [1.165, 1.54) is 12.8 Å². The number of ether oxygens (including phenoxy) is 1. The van der Waals surface area contributed by atoms with Crippen molar-refractivity contribution in [1.29, 1.82) is 0 Å². The van der Waals surface area contributed by atoms with Crippen molar-refractivity contribution in [2.24, 2.45) is 0 Å². The van der Waals surface area contributed by atoms with Gasteiger partial charge in [0.25, 0.3) is 0 Å². The minimum Gasteiger partial charge on any atom is -1.00 e. The van der Waals surface area contributed by atoms with Gasteiger partial charge in [-0.1, -0.05) is 0 Å². The number of halogens is 4. The SMILES string of the molecule is C1CCOC1.[Cl-].[Cl-].[Cl-].[Cl-].[W]. The summed E-state index contributed by atoms with van der Waals surface area (Å²) in [6.45, 7) is 2.00. The predicted octanol–water partition coefficient (Wildman–Crippen LogP) is -11.2. The maximum Gasteiger partial charge on any atom is 0.0466 e. The third-order valence-electron chi connectivity index (χ3n) is 0.827. The van der Waals surface area contributed by atoms with Crippen molar-refractivity contribution in [3.63, 3.8) is 0 Å². The Morgan fingerprint density at radius 1 is 0.700 bits per heavy atom. The fourth-order valence-corrected chi connectivity index (χ4v) is 0.510. The molecule has 0 aromatic heterocycles. The first-order chi connectivity index (χ1) is 2.50. The molecule has 6 heteroatoms. The molecule has 10 heavy (non-hydrogen) atoms. The molecular formula is C4H8Cl4OW-4. The van der Waals surface area contributed by atoms with Gasteiger partial charge in [-0.25, -0.2) is 0 Å². The Labute approximate surface area is 101 Å². The zero-order valence-electron chi connectivity index (χ0n) is 5.16. The average molecular weight is 398 g/mol. The van der Waals surface area contributed by atoms with E-state index in [1.807, 2.05) is 0 Å². The van der Waals surface area contributed by atoms with E-state index in [-0.39, 0.29) is 70.7 Å². The molecule has 1 fully saturated rings. The summed E-state index contributed by atoms with van der Waals surface area (Å²) < 4.78 is 4.94. The molecule has 0 unspecified atom stereocenters. The maximum atomic E-state index is 4.94. The Hall–Kier alpha value is 1.81. The molecule has 1 rings (SSSR count). The van der Waals surface area contributed by atoms with Crippen molar-refractivity contribution in [3.8, 4) is 0 Å². The van der Waals surface area contributed by atoms with Gasteiger partial charge in [0.2, 0.25) is 0 Å². The smallest absolute Gasteiger partial charge is 0.0466 e. The van der Waals surface area contributed by atoms with Crippen LogP contribution in [0.5, 0.6) is 0 Å². The Balaban J connectivity index is -0.0000000167. The largest absolute Gasteiger partial charge is 1.00 e. The van der Waals surface area contributed by atoms with Gasteiger partial charge < -0.3 is 54.4 Å². The van der Waals surface area contributed by atoms with Crippen LogP contribution in [0.15, 0.2) is 0 Å². The Bertz CT molecular complexity index is 28.8. The van der Waals surface area contributed by atoms with Gasteiger partial charge in [0.15, 0.2) is 0 Å². The molecule has 1 aliphatic heterocycles. The Morgan fingerprint density at radius 2 is 1.00 bits per heavy atom. The zero-order chi connectivity index (χ0) is 3.54. The van der Waals surface area contributed by atoms with Gasteiger partial charge in [-0.05, 0) is 12.8 Å². The fraction of sp³-hybridized carbons (Fsp3) is 1.00. The molecule has 0 radical (unpaired) electrons. The third kappa shape index (κ3) is 16.4. The molecule has 1 nitrogen and oxygen atoms in total. The van der Waals surface area contributed by atoms with E-state index in [4.69, 9.17) is 4.74 Å². The summed E-state index contributed by atoms with van der Waals surface area (Å²) in [4.78, 5) is 0. The van der Waals surface area contributed by atoms with Gasteiger partial charge in [-0.3, -0.25) is 0 Å². The Morgan fingerprint density at radius 3 is 1.10 bits per heavy atom. The van der Waals surface area contributed by atoms with E-state index in [0.29, 0.717) is 0 Å². The van der Waals surface area contributed by atoms with Gasteiger partial charge >= 0.3 is 0 Å². The Kier molecular flexibility index (Phi) is 66.8. The second kappa shape index (κ2) is 22.4. The van der Waals surface area contributed by atoms with Crippen LogP contribution in [0, 0.1) is 0 Å². The molecule has 0 spiro atoms. The van der Waals surface area contributed by atoms with Crippen LogP contribution in [0.4, 0.5) is 0 Å². The first kappa shape index (κ1) is 29.8. The summed E-state index contributed by atoms with van der Waals surface area (Å²) in [5.41, 5.74) is 0. The van der Waals surface area contributed by atoms with Crippen molar-refractivity contribution < 1.29 is 75.4 Å². The molecule has 0 amide bonds. The molecule has 0 N–H and O–H groups in total. The normalized spacial score (nSPS) is 12.0. The molecule has 0 aromatic rings. The van der Waals surface area contributed by atoms with Crippen molar-refractivity contribution in [2.75, 3.05) is 13.2 Å². The summed E-state index contributed by atoms with van der Waals surface area (Å²) in [6, 6.07) is 0. The van der Waals surface area contributed by atoms with Crippen LogP contribution in [0.25, 0.3) is 0 Å². The molecule has 0 aromatic carbocycles. The van der Waals surface area contributed by atoms with Crippen molar-refractivity contribution in [2.45, 2.75) is 12.8 Å². The first-order valence-electron chi connectivity index (χ1n) is 2.08. The van der Waals surface area contributed by atoms with Crippen LogP contribution >= 0.6 is 0 Å². The second-order valence-electron chi connectivity index (χ2n) is 1.32. The second-order valence-corrected chi connectivity index (χ2v) is 1.32. The van der Waals surface area contributed by atoms with Crippen LogP contribution in [-0.2, 0) is 25.8 Å². The fourth-order valence-electron chi connectivity index (χ4n) is 0.510. The molecule has 0 bridgehead atoms. The molecule has 1 saturated heterocycles. The third-order valence-corrected chi connectivity index (χ3v) is 0.827. The minimum atomic E-state index is 0. The number of hydrogen-bond acceptors (Lipinski definition) is 1. The van der Waals surface area contributed by atoms with E-state index < -0.39 is 0 Å². The predicted molar refractivity (Wildman–Crippen MR) is 20.1 cm³/mol. The molecule has 0 saturated carbocycles. The van der Waals surface area contributed by atoms with E-state index in [9.17, 15) is 0 Å². The summed E-state index contributed by atoms with van der Waals surface area (Å²) in [6.07, 6.45) is 2.56. The number of rotatable bonds is 0. The van der Waals surface area contributed by atoms with Crippen molar-refractivity contribution in [3.05, 3.63) is 0 Å². The topological polar surface area (TPSA) is 9.23 Å². The maximum absolute atomic E-state index is 4.94. The van der Waals surface area contributed by atoms with E-state index >= 15 is 0 Å². The van der Waals surface area contributed by atoms with Crippen molar-refractivity contribution >= 4 is 0 Å². The van der Waals surface area contributed by atoms with Crippen LogP contribution in [0.1, 0.15) is 12.8 Å². The van der Waals surface area contributed by atoms with E-state index in [0.717, 1.165) is 13.2 Å². The standard InChI is InChI=1S/C4H8O.4ClH.W/c1-2-4-5-3-1;;;;;/h1-4H2;4*1H;/p-4. The average Bonchev–Trinajstić information content (AvgIpc) is 1.76. The van der Waals surface area contributed by atoms with Gasteiger partial charge in [0.05, 0.1) is 0 Å². The number of hydrogen-bond donors (Lipinski definition) is 0. The zero-order valence-corrected chi connectivity index (χ0v) is 11.1. The molecular weight excluding hydrogens is 390 g/mol. The molecule has 1 aliphatic rings. The van der Waals surface area contributed by atoms with Gasteiger partial charge in [-0.2, -0.15) is 0 Å². The monoisotopic (exact) mass is 396 g/mol. The summed E-state index contributed by atoms with van der Waals surface area (Å²) in [5.74, 6) is 0. The first-order valence-corrected chi connectivity index (χ1v) is 2.08. The van der Waals surface area contributed by atoms with Crippen molar-refractivity contribution in [1.82, 2.24) is 0 Å². The summed E-state index contributed by atoms with van der Waals surface area (Å²) >= 11 is 0. The van der Waals surface area contributed by atoms with E-state index in [1.54, 1.807) is 0 Å². The summed E-state index contributed by atoms with van der Waals surface area (Å²) in [7, 11) is 0. The minimum absolute atomic E-state index is 0. The molecule has 0 aliphatic carbocycles. The summed E-state index contributed by atoms with van der Waals surface area (Å²) in [5, 5.41) is 0. The molecule has 68 valence electrons. The van der Waals surface area contributed by atoms with Gasteiger partial charge in [0, 0.05) is 34.3 Å².